The van der Waals surface area contributed by atoms with Gasteiger partial charge in [-0.2, -0.15) is 40.4 Å². The van der Waals surface area contributed by atoms with Gasteiger partial charge in [-0.15, -0.1) is 0 Å². The van der Waals surface area contributed by atoms with E-state index < -0.39 is 20.2 Å². The lowest BCUT2D eigenvalue weighted by Crippen LogP contribution is -2.08. The third-order valence-electron chi connectivity index (χ3n) is 4.33. The molecule has 0 aromatic heterocycles. The summed E-state index contributed by atoms with van der Waals surface area (Å²) in [6, 6.07) is 13.2. The Bertz CT molecular complexity index is 932. The first-order valence-corrected chi connectivity index (χ1v) is 15.4. The van der Waals surface area contributed by atoms with Gasteiger partial charge in [0.2, 0.25) is 0 Å². The van der Waals surface area contributed by atoms with Gasteiger partial charge in [0, 0.05) is 11.5 Å². The van der Waals surface area contributed by atoms with E-state index in [0.29, 0.717) is 12.8 Å². The highest BCUT2D eigenvalue weighted by molar-refractivity contribution is 8.02. The molecule has 178 valence electrons. The quantitative estimate of drug-likeness (QED) is 0.249. The number of aryl methyl sites for hydroxylation is 2. The third kappa shape index (κ3) is 9.84. The molecule has 0 bridgehead atoms. The van der Waals surface area contributed by atoms with Crippen molar-refractivity contribution in [1.29, 1.82) is 0 Å². The van der Waals surface area contributed by atoms with E-state index in [4.69, 9.17) is 8.37 Å². The second-order valence-electron chi connectivity index (χ2n) is 7.11. The van der Waals surface area contributed by atoms with Crippen LogP contribution < -0.4 is 0 Å². The summed E-state index contributed by atoms with van der Waals surface area (Å²) in [4.78, 5) is 0.366. The van der Waals surface area contributed by atoms with Gasteiger partial charge in [-0.3, -0.25) is 8.37 Å². The smallest absolute Gasteiger partial charge is 0.266 e. The molecule has 10 heteroatoms. The normalized spacial score (nSPS) is 12.2. The highest BCUT2D eigenvalue weighted by Crippen LogP contribution is 2.16. The molecule has 32 heavy (non-hydrogen) atoms. The van der Waals surface area contributed by atoms with Crippen molar-refractivity contribution < 1.29 is 25.2 Å². The molecule has 0 amide bonds. The molecular weight excluding hydrogens is 489 g/mol. The van der Waals surface area contributed by atoms with Gasteiger partial charge in [0.25, 0.3) is 20.2 Å². The molecule has 0 aliphatic heterocycles. The van der Waals surface area contributed by atoms with Crippen molar-refractivity contribution in [2.75, 3.05) is 36.2 Å². The van der Waals surface area contributed by atoms with Crippen LogP contribution >= 0.6 is 23.5 Å². The molecule has 0 heterocycles. The molecular formula is C22H30O6S4. The Balaban J connectivity index is 1.47. The van der Waals surface area contributed by atoms with Gasteiger partial charge >= 0.3 is 0 Å². The van der Waals surface area contributed by atoms with E-state index in [1.165, 1.54) is 0 Å². The van der Waals surface area contributed by atoms with Gasteiger partial charge in [-0.25, -0.2) is 0 Å². The topological polar surface area (TPSA) is 86.7 Å². The second kappa shape index (κ2) is 13.6. The minimum absolute atomic E-state index is 0.170. The van der Waals surface area contributed by atoms with Crippen LogP contribution in [0.15, 0.2) is 58.3 Å². The Hall–Kier alpha value is -1.04. The predicted molar refractivity (Wildman–Crippen MR) is 133 cm³/mol. The molecule has 0 radical (unpaired) electrons. The molecule has 0 unspecified atom stereocenters. The fourth-order valence-electron chi connectivity index (χ4n) is 2.53. The van der Waals surface area contributed by atoms with Crippen LogP contribution in [0, 0.1) is 13.8 Å². The maximum Gasteiger partial charge on any atom is 0.296 e. The summed E-state index contributed by atoms with van der Waals surface area (Å²) in [5, 5.41) is 0. The summed E-state index contributed by atoms with van der Waals surface area (Å²) < 4.78 is 58.5. The lowest BCUT2D eigenvalue weighted by molar-refractivity contribution is 0.318. The van der Waals surface area contributed by atoms with Crippen LogP contribution in [0.2, 0.25) is 0 Å². The van der Waals surface area contributed by atoms with E-state index in [1.807, 2.05) is 13.8 Å². The van der Waals surface area contributed by atoms with Crippen molar-refractivity contribution >= 4 is 43.8 Å². The van der Waals surface area contributed by atoms with Crippen LogP contribution in [0.3, 0.4) is 0 Å². The zero-order valence-electron chi connectivity index (χ0n) is 18.4. The molecule has 0 aliphatic carbocycles. The standard InChI is InChI=1S/C22H30O6S4/c1-19-5-9-21(10-6-19)31(23,24)27-13-3-15-29-17-18-30-16-4-14-28-32(25,26)22-11-7-20(2)8-12-22/h5-12H,3-4,13-18H2,1-2H3. The number of thioether (sulfide) groups is 2. The van der Waals surface area contributed by atoms with Crippen molar-refractivity contribution in [3.63, 3.8) is 0 Å². The monoisotopic (exact) mass is 518 g/mol. The van der Waals surface area contributed by atoms with E-state index in [9.17, 15) is 16.8 Å². The summed E-state index contributed by atoms with van der Waals surface area (Å²) in [7, 11) is -7.37. The summed E-state index contributed by atoms with van der Waals surface area (Å²) >= 11 is 3.49. The first kappa shape index (κ1) is 27.2. The Kier molecular flexibility index (Phi) is 11.6. The predicted octanol–water partition coefficient (Wildman–Crippen LogP) is 4.66. The van der Waals surface area contributed by atoms with Crippen LogP contribution in [0.5, 0.6) is 0 Å². The molecule has 0 saturated heterocycles. The number of hydrogen-bond donors (Lipinski definition) is 0. The molecule has 2 aromatic carbocycles. The fourth-order valence-corrected chi connectivity index (χ4v) is 6.41. The highest BCUT2D eigenvalue weighted by atomic mass is 32.2. The van der Waals surface area contributed by atoms with E-state index in [0.717, 1.165) is 34.1 Å². The highest BCUT2D eigenvalue weighted by Gasteiger charge is 2.15. The lowest BCUT2D eigenvalue weighted by atomic mass is 10.2. The number of hydrogen-bond acceptors (Lipinski definition) is 8. The van der Waals surface area contributed by atoms with Gasteiger partial charge in [0.05, 0.1) is 23.0 Å². The van der Waals surface area contributed by atoms with Gasteiger partial charge in [0.15, 0.2) is 0 Å². The van der Waals surface area contributed by atoms with E-state index in [1.54, 1.807) is 72.1 Å². The minimum atomic E-state index is -3.69. The van der Waals surface area contributed by atoms with Crippen LogP contribution in [-0.4, -0.2) is 53.1 Å². The lowest BCUT2D eigenvalue weighted by Gasteiger charge is -2.07. The zero-order chi connectivity index (χ0) is 23.5. The van der Waals surface area contributed by atoms with Crippen LogP contribution in [0.25, 0.3) is 0 Å². The zero-order valence-corrected chi connectivity index (χ0v) is 21.6. The van der Waals surface area contributed by atoms with E-state index >= 15 is 0 Å². The Morgan fingerprint density at radius 3 is 1.28 bits per heavy atom. The number of benzene rings is 2. The molecule has 6 nitrogen and oxygen atoms in total. The fraction of sp³-hybridized carbons (Fsp3) is 0.455. The molecule has 0 N–H and O–H groups in total. The molecule has 0 aliphatic rings. The second-order valence-corrected chi connectivity index (χ2v) is 12.8. The Labute approximate surface area is 200 Å². The van der Waals surface area contributed by atoms with E-state index in [2.05, 4.69) is 0 Å². The Morgan fingerprint density at radius 2 is 0.938 bits per heavy atom. The third-order valence-corrected chi connectivity index (χ3v) is 9.39. The summed E-state index contributed by atoms with van der Waals surface area (Å²) in [5.74, 6) is 3.53. The maximum absolute atomic E-state index is 12.1. The number of rotatable bonds is 15. The molecule has 0 atom stereocenters. The van der Waals surface area contributed by atoms with Gasteiger partial charge in [-0.05, 0) is 62.5 Å². The molecule has 0 fully saturated rings. The van der Waals surface area contributed by atoms with Crippen molar-refractivity contribution in [2.45, 2.75) is 36.5 Å². The van der Waals surface area contributed by atoms with Gasteiger partial charge in [0.1, 0.15) is 0 Å². The van der Waals surface area contributed by atoms with Crippen molar-refractivity contribution in [2.24, 2.45) is 0 Å². The van der Waals surface area contributed by atoms with Crippen molar-refractivity contribution in [3.8, 4) is 0 Å². The summed E-state index contributed by atoms with van der Waals surface area (Å²) in [5.41, 5.74) is 2.00. The average molecular weight is 519 g/mol. The minimum Gasteiger partial charge on any atom is -0.266 e. The first-order chi connectivity index (χ1) is 15.2. The first-order valence-electron chi connectivity index (χ1n) is 10.3. The maximum atomic E-state index is 12.1. The van der Waals surface area contributed by atoms with Crippen LogP contribution in [0.1, 0.15) is 24.0 Å². The van der Waals surface area contributed by atoms with Crippen molar-refractivity contribution in [3.05, 3.63) is 59.7 Å². The summed E-state index contributed by atoms with van der Waals surface area (Å²) in [6.45, 7) is 4.14. The van der Waals surface area contributed by atoms with Gasteiger partial charge in [-0.1, -0.05) is 35.4 Å². The molecule has 0 spiro atoms. The van der Waals surface area contributed by atoms with Gasteiger partial charge < -0.3 is 0 Å². The van der Waals surface area contributed by atoms with Crippen LogP contribution in [-0.2, 0) is 28.6 Å². The molecule has 0 saturated carbocycles. The van der Waals surface area contributed by atoms with Crippen molar-refractivity contribution in [1.82, 2.24) is 0 Å². The average Bonchev–Trinajstić information content (AvgIpc) is 2.75. The molecule has 2 aromatic rings. The van der Waals surface area contributed by atoms with Crippen LogP contribution in [0.4, 0.5) is 0 Å². The Morgan fingerprint density at radius 1 is 0.594 bits per heavy atom. The molecule has 2 rings (SSSR count). The summed E-state index contributed by atoms with van der Waals surface area (Å²) in [6.07, 6.45) is 1.32. The SMILES string of the molecule is Cc1ccc(S(=O)(=O)OCCCSCCSCCCOS(=O)(=O)c2ccc(C)cc2)cc1. The largest absolute Gasteiger partial charge is 0.296 e. The van der Waals surface area contributed by atoms with E-state index in [-0.39, 0.29) is 23.0 Å².